The van der Waals surface area contributed by atoms with E-state index in [4.69, 9.17) is 46.4 Å². The number of hydrogen-bond donors (Lipinski definition) is 0. The Morgan fingerprint density at radius 3 is 2.07 bits per heavy atom. The number of carbonyl (C=O) groups excluding carboxylic acids is 1. The number of alkyl halides is 4. The maximum Gasteiger partial charge on any atom is 0.205 e. The second-order valence-corrected chi connectivity index (χ2v) is 7.23. The minimum absolute atomic E-state index is 0.154. The monoisotopic (exact) mass is 276 g/mol. The van der Waals surface area contributed by atoms with Crippen LogP contribution >= 0.6 is 46.4 Å². The Kier molecular flexibility index (Phi) is 3.14. The van der Waals surface area contributed by atoms with E-state index in [1.165, 1.54) is 0 Å². The van der Waals surface area contributed by atoms with Gasteiger partial charge in [-0.2, -0.15) is 0 Å². The topological polar surface area (TPSA) is 17.1 Å². The summed E-state index contributed by atoms with van der Waals surface area (Å²) in [5, 5.41) is 0. The van der Waals surface area contributed by atoms with Crippen LogP contribution in [-0.2, 0) is 4.79 Å². The molecule has 0 aliphatic heterocycles. The lowest BCUT2D eigenvalue weighted by Gasteiger charge is -2.47. The van der Waals surface area contributed by atoms with E-state index in [9.17, 15) is 4.79 Å². The quantitative estimate of drug-likeness (QED) is 0.613. The third-order valence-corrected chi connectivity index (χ3v) is 5.33. The molecule has 0 spiro atoms. The highest BCUT2D eigenvalue weighted by atomic mass is 35.5. The third-order valence-electron chi connectivity index (χ3n) is 2.87. The zero-order chi connectivity index (χ0) is 11.4. The van der Waals surface area contributed by atoms with E-state index in [1.807, 2.05) is 20.8 Å². The van der Waals surface area contributed by atoms with E-state index in [0.29, 0.717) is 6.42 Å². The van der Waals surface area contributed by atoms with E-state index < -0.39 is 19.9 Å². The van der Waals surface area contributed by atoms with E-state index in [1.54, 1.807) is 0 Å². The smallest absolute Gasteiger partial charge is 0.205 e. The lowest BCUT2D eigenvalue weighted by molar-refractivity contribution is -0.126. The van der Waals surface area contributed by atoms with Crippen molar-refractivity contribution >= 4 is 52.2 Å². The molecular formula is C9H12Cl4O. The highest BCUT2D eigenvalue weighted by Gasteiger charge is 2.62. The molecule has 1 aliphatic rings. The van der Waals surface area contributed by atoms with Crippen molar-refractivity contribution in [1.29, 1.82) is 0 Å². The molecule has 5 heteroatoms. The Hall–Kier alpha value is 0.830. The van der Waals surface area contributed by atoms with Crippen molar-refractivity contribution in [2.75, 3.05) is 0 Å². The van der Waals surface area contributed by atoms with Crippen LogP contribution in [0.4, 0.5) is 0 Å². The van der Waals surface area contributed by atoms with Gasteiger partial charge >= 0.3 is 0 Å². The van der Waals surface area contributed by atoms with E-state index >= 15 is 0 Å². The summed E-state index contributed by atoms with van der Waals surface area (Å²) in [5.41, 5.74) is -0.514. The minimum Gasteiger partial charge on any atom is -0.293 e. The maximum absolute atomic E-state index is 11.9. The molecule has 1 fully saturated rings. The van der Waals surface area contributed by atoms with Crippen LogP contribution < -0.4 is 0 Å². The Labute approximate surface area is 104 Å². The summed E-state index contributed by atoms with van der Waals surface area (Å²) in [6.07, 6.45) is 0.610. The SMILES string of the molecule is CC1CC(C)(C)C(Cl)(Cl)C(=O)C1(Cl)Cl. The van der Waals surface area contributed by atoms with Crippen molar-refractivity contribution in [3.05, 3.63) is 0 Å². The van der Waals surface area contributed by atoms with Crippen LogP contribution in [0.1, 0.15) is 27.2 Å². The van der Waals surface area contributed by atoms with Gasteiger partial charge in [0.15, 0.2) is 8.67 Å². The summed E-state index contributed by atoms with van der Waals surface area (Å²) in [6, 6.07) is 0. The molecule has 1 saturated carbocycles. The van der Waals surface area contributed by atoms with Gasteiger partial charge in [0.05, 0.1) is 0 Å². The fourth-order valence-corrected chi connectivity index (χ4v) is 2.85. The zero-order valence-corrected chi connectivity index (χ0v) is 11.2. The number of ketones is 1. The average Bonchev–Trinajstić information content (AvgIpc) is 1.99. The largest absolute Gasteiger partial charge is 0.293 e. The Morgan fingerprint density at radius 1 is 1.21 bits per heavy atom. The van der Waals surface area contributed by atoms with Gasteiger partial charge in [0.25, 0.3) is 0 Å². The van der Waals surface area contributed by atoms with Gasteiger partial charge in [0, 0.05) is 5.41 Å². The molecule has 82 valence electrons. The van der Waals surface area contributed by atoms with Crippen molar-refractivity contribution in [2.24, 2.45) is 11.3 Å². The third kappa shape index (κ3) is 1.67. The molecule has 0 aromatic rings. The predicted molar refractivity (Wildman–Crippen MR) is 61.4 cm³/mol. The summed E-state index contributed by atoms with van der Waals surface area (Å²) < 4.78 is -2.98. The number of Topliss-reactive ketones (excluding diaryl/α,β-unsaturated/α-hetero) is 1. The van der Waals surface area contributed by atoms with Crippen LogP contribution in [-0.4, -0.2) is 14.4 Å². The van der Waals surface area contributed by atoms with E-state index in [2.05, 4.69) is 0 Å². The first kappa shape index (κ1) is 12.9. The van der Waals surface area contributed by atoms with Crippen molar-refractivity contribution < 1.29 is 4.79 Å². The highest BCUT2D eigenvalue weighted by molar-refractivity contribution is 6.69. The molecule has 0 N–H and O–H groups in total. The molecule has 0 saturated heterocycles. The molecule has 0 bridgehead atoms. The predicted octanol–water partition coefficient (Wildman–Crippen LogP) is 3.97. The lowest BCUT2D eigenvalue weighted by Crippen LogP contribution is -2.57. The molecule has 0 aromatic carbocycles. The summed E-state index contributed by atoms with van der Waals surface area (Å²) in [4.78, 5) is 11.9. The van der Waals surface area contributed by atoms with Crippen molar-refractivity contribution in [1.82, 2.24) is 0 Å². The first-order valence-electron chi connectivity index (χ1n) is 4.34. The Balaban J connectivity index is 3.17. The van der Waals surface area contributed by atoms with Gasteiger partial charge in [-0.25, -0.2) is 0 Å². The molecular weight excluding hydrogens is 266 g/mol. The Bertz CT molecular complexity index is 270. The standard InChI is InChI=1S/C9H12Cl4O/c1-5-4-7(2,3)9(12,13)6(14)8(5,10)11/h5H,4H2,1-3H3. The van der Waals surface area contributed by atoms with E-state index in [0.717, 1.165) is 0 Å². The van der Waals surface area contributed by atoms with Crippen LogP contribution in [0.2, 0.25) is 0 Å². The molecule has 1 aliphatic carbocycles. The Morgan fingerprint density at radius 2 is 1.64 bits per heavy atom. The van der Waals surface area contributed by atoms with Crippen LogP contribution in [0.15, 0.2) is 0 Å². The minimum atomic E-state index is -1.51. The van der Waals surface area contributed by atoms with Crippen LogP contribution in [0, 0.1) is 11.3 Å². The number of rotatable bonds is 0. The maximum atomic E-state index is 11.9. The summed E-state index contributed by atoms with van der Waals surface area (Å²) >= 11 is 23.9. The van der Waals surface area contributed by atoms with Gasteiger partial charge < -0.3 is 0 Å². The molecule has 0 aromatic heterocycles. The molecule has 0 radical (unpaired) electrons. The van der Waals surface area contributed by atoms with Crippen LogP contribution in [0.3, 0.4) is 0 Å². The fraction of sp³-hybridized carbons (Fsp3) is 0.889. The van der Waals surface area contributed by atoms with Crippen molar-refractivity contribution in [2.45, 2.75) is 35.9 Å². The van der Waals surface area contributed by atoms with Gasteiger partial charge in [-0.05, 0) is 12.3 Å². The highest BCUT2D eigenvalue weighted by Crippen LogP contribution is 2.56. The molecule has 1 rings (SSSR count). The number of carbonyl (C=O) groups is 1. The fourth-order valence-electron chi connectivity index (χ4n) is 1.76. The summed E-state index contributed by atoms with van der Waals surface area (Å²) in [5.74, 6) is -0.667. The molecule has 1 unspecified atom stereocenters. The second kappa shape index (κ2) is 3.41. The van der Waals surface area contributed by atoms with Crippen molar-refractivity contribution in [3.63, 3.8) is 0 Å². The van der Waals surface area contributed by atoms with Crippen molar-refractivity contribution in [3.8, 4) is 0 Å². The number of halogens is 4. The summed E-state index contributed by atoms with van der Waals surface area (Å²) in [7, 11) is 0. The first-order chi connectivity index (χ1) is 6.03. The molecule has 0 amide bonds. The molecule has 1 atom stereocenters. The number of hydrogen-bond acceptors (Lipinski definition) is 1. The second-order valence-electron chi connectivity index (χ2n) is 4.52. The zero-order valence-electron chi connectivity index (χ0n) is 8.20. The van der Waals surface area contributed by atoms with Gasteiger partial charge in [0.2, 0.25) is 5.78 Å². The van der Waals surface area contributed by atoms with Crippen LogP contribution in [0.5, 0.6) is 0 Å². The summed E-state index contributed by atoms with van der Waals surface area (Å²) in [6.45, 7) is 5.50. The molecule has 0 heterocycles. The lowest BCUT2D eigenvalue weighted by atomic mass is 9.71. The normalized spacial score (nSPS) is 34.2. The van der Waals surface area contributed by atoms with Gasteiger partial charge in [-0.15, -0.1) is 0 Å². The van der Waals surface area contributed by atoms with Gasteiger partial charge in [0.1, 0.15) is 0 Å². The first-order valence-corrected chi connectivity index (χ1v) is 5.85. The molecule has 14 heavy (non-hydrogen) atoms. The van der Waals surface area contributed by atoms with Gasteiger partial charge in [-0.3, -0.25) is 4.79 Å². The van der Waals surface area contributed by atoms with Gasteiger partial charge in [-0.1, -0.05) is 67.2 Å². The van der Waals surface area contributed by atoms with E-state index in [-0.39, 0.29) is 5.92 Å². The van der Waals surface area contributed by atoms with Crippen LogP contribution in [0.25, 0.3) is 0 Å². The molecule has 1 nitrogen and oxygen atoms in total. The average molecular weight is 278 g/mol.